The van der Waals surface area contributed by atoms with Crippen LogP contribution >= 0.6 is 11.6 Å². The van der Waals surface area contributed by atoms with Gasteiger partial charge in [-0.05, 0) is 37.0 Å². The quantitative estimate of drug-likeness (QED) is 0.496. The van der Waals surface area contributed by atoms with Gasteiger partial charge in [0.2, 0.25) is 5.91 Å². The van der Waals surface area contributed by atoms with Crippen LogP contribution in [0.4, 0.5) is 19.7 Å². The number of primary amides is 1. The van der Waals surface area contributed by atoms with Gasteiger partial charge in [-0.15, -0.1) is 0 Å². The van der Waals surface area contributed by atoms with Crippen molar-refractivity contribution in [3.05, 3.63) is 59.0 Å². The summed E-state index contributed by atoms with van der Waals surface area (Å²) in [5.74, 6) is -0.170. The van der Waals surface area contributed by atoms with Crippen molar-refractivity contribution in [1.29, 1.82) is 0 Å². The monoisotopic (exact) mass is 499 g/mol. The first kappa shape index (κ1) is 23.0. The molecule has 3 atom stereocenters. The van der Waals surface area contributed by atoms with Crippen molar-refractivity contribution in [2.75, 3.05) is 12.4 Å². The van der Waals surface area contributed by atoms with Gasteiger partial charge in [-0.25, -0.2) is 14.0 Å². The lowest BCUT2D eigenvalue weighted by molar-refractivity contribution is -0.125. The number of methoxy groups -OCH3 is 1. The molecule has 11 heteroatoms. The Morgan fingerprint density at radius 2 is 2.03 bits per heavy atom. The number of likely N-dealkylation sites (tertiary alicyclic amines) is 1. The molecule has 1 aromatic heterocycles. The highest BCUT2D eigenvalue weighted by atomic mass is 35.5. The zero-order chi connectivity index (χ0) is 24.9. The molecule has 2 aromatic carbocycles. The molecule has 0 radical (unpaired) electrons. The highest BCUT2D eigenvalue weighted by molar-refractivity contribution is 6.30. The van der Waals surface area contributed by atoms with Gasteiger partial charge in [0.05, 0.1) is 23.3 Å². The summed E-state index contributed by atoms with van der Waals surface area (Å²) in [6, 6.07) is 7.76. The average Bonchev–Trinajstić information content (AvgIpc) is 3.35. The van der Waals surface area contributed by atoms with Crippen LogP contribution in [0.5, 0.6) is 5.75 Å². The number of carbonyl (C=O) groups excluding carboxylic acids is 3. The van der Waals surface area contributed by atoms with Crippen LogP contribution in [0.1, 0.15) is 18.4 Å². The largest absolute Gasteiger partial charge is 0.497 e. The number of benzene rings is 2. The number of fused-ring (bicyclic) bond motifs is 2. The number of nitrogens with zero attached hydrogens (tertiary/aromatic N) is 2. The van der Waals surface area contributed by atoms with Crippen molar-refractivity contribution >= 4 is 46.2 Å². The van der Waals surface area contributed by atoms with Crippen LogP contribution in [0.3, 0.4) is 0 Å². The molecule has 1 saturated heterocycles. The third kappa shape index (κ3) is 4.14. The smallest absolute Gasteiger partial charge is 0.323 e. The fraction of sp³-hybridized carbons (Fsp3) is 0.292. The summed E-state index contributed by atoms with van der Waals surface area (Å²) in [4.78, 5) is 39.7. The fourth-order valence-electron chi connectivity index (χ4n) is 4.76. The van der Waals surface area contributed by atoms with E-state index in [0.29, 0.717) is 28.8 Å². The summed E-state index contributed by atoms with van der Waals surface area (Å²) in [6.45, 7) is -0.0412. The molecule has 3 aromatic rings. The average molecular weight is 500 g/mol. The molecule has 182 valence electrons. The third-order valence-electron chi connectivity index (χ3n) is 6.62. The number of anilines is 1. The molecular weight excluding hydrogens is 477 g/mol. The van der Waals surface area contributed by atoms with Gasteiger partial charge in [-0.1, -0.05) is 23.7 Å². The summed E-state index contributed by atoms with van der Waals surface area (Å²) in [6.07, 6.45) is 2.80. The van der Waals surface area contributed by atoms with Gasteiger partial charge < -0.3 is 26.0 Å². The molecule has 1 aliphatic carbocycles. The lowest BCUT2D eigenvalue weighted by atomic mass is 10.1. The molecule has 4 amide bonds. The highest BCUT2D eigenvalue weighted by Gasteiger charge is 2.56. The number of urea groups is 1. The van der Waals surface area contributed by atoms with E-state index in [1.54, 1.807) is 30.3 Å². The topological polar surface area (TPSA) is 119 Å². The van der Waals surface area contributed by atoms with Crippen LogP contribution in [-0.4, -0.2) is 46.6 Å². The summed E-state index contributed by atoms with van der Waals surface area (Å²) in [7, 11) is 1.51. The number of piperidine rings is 1. The molecule has 0 bridgehead atoms. The summed E-state index contributed by atoms with van der Waals surface area (Å²) >= 11 is 5.82. The van der Waals surface area contributed by atoms with E-state index in [2.05, 4.69) is 10.6 Å². The number of amides is 4. The maximum atomic E-state index is 14.2. The molecule has 1 saturated carbocycles. The van der Waals surface area contributed by atoms with Gasteiger partial charge in [-0.2, -0.15) is 0 Å². The Kier molecular flexibility index (Phi) is 5.76. The zero-order valence-electron chi connectivity index (χ0n) is 18.8. The van der Waals surface area contributed by atoms with Gasteiger partial charge in [0, 0.05) is 35.8 Å². The second kappa shape index (κ2) is 8.77. The molecule has 2 fully saturated rings. The van der Waals surface area contributed by atoms with Gasteiger partial charge in [-0.3, -0.25) is 9.36 Å². The Labute approximate surface area is 204 Å². The van der Waals surface area contributed by atoms with Crippen molar-refractivity contribution in [2.45, 2.75) is 31.5 Å². The molecule has 1 aliphatic heterocycles. The van der Waals surface area contributed by atoms with Crippen molar-refractivity contribution in [3.8, 4) is 5.75 Å². The van der Waals surface area contributed by atoms with Gasteiger partial charge in [0.25, 0.3) is 0 Å². The highest BCUT2D eigenvalue weighted by Crippen LogP contribution is 2.48. The maximum absolute atomic E-state index is 14.2. The maximum Gasteiger partial charge on any atom is 0.323 e. The van der Waals surface area contributed by atoms with Crippen LogP contribution in [0.25, 0.3) is 10.9 Å². The summed E-state index contributed by atoms with van der Waals surface area (Å²) in [5.41, 5.74) is 6.63. The summed E-state index contributed by atoms with van der Waals surface area (Å²) in [5, 5.41) is 6.13. The van der Waals surface area contributed by atoms with Crippen LogP contribution < -0.4 is 21.1 Å². The Balaban J connectivity index is 1.34. The third-order valence-corrected chi connectivity index (χ3v) is 6.91. The standard InChI is InChI=1S/C24H23ClFN5O4/c1-35-14-5-6-15-17(11-30(23(27)33)19(15)9-14)29-24(34)31-18-7-13(18)8-20(31)22(32)28-10-12-3-2-4-16(25)21(12)26/h2-6,9,11,13,18,20H,7-8,10H2,1H3,(H2,27,33)(H,28,32)(H,29,34)/t13?,18-,20+/m1/s1. The number of hydrogen-bond acceptors (Lipinski definition) is 4. The van der Waals surface area contributed by atoms with E-state index >= 15 is 0 Å². The second-order valence-electron chi connectivity index (χ2n) is 8.72. The van der Waals surface area contributed by atoms with Gasteiger partial charge >= 0.3 is 12.1 Å². The first-order valence-electron chi connectivity index (χ1n) is 11.1. The second-order valence-corrected chi connectivity index (χ2v) is 9.12. The molecule has 1 unspecified atom stereocenters. The predicted octanol–water partition coefficient (Wildman–Crippen LogP) is 3.68. The van der Waals surface area contributed by atoms with E-state index in [4.69, 9.17) is 22.1 Å². The van der Waals surface area contributed by atoms with E-state index in [9.17, 15) is 18.8 Å². The molecule has 9 nitrogen and oxygen atoms in total. The lowest BCUT2D eigenvalue weighted by Crippen LogP contribution is -2.49. The molecule has 4 N–H and O–H groups in total. The Morgan fingerprint density at radius 1 is 1.23 bits per heavy atom. The number of ether oxygens (including phenoxy) is 1. The molecule has 5 rings (SSSR count). The SMILES string of the molecule is COc1ccc2c(NC(=O)N3[C@@H]4CC4C[C@H]3C(=O)NCc3cccc(Cl)c3F)cn(C(N)=O)c2c1. The van der Waals surface area contributed by atoms with E-state index in [0.717, 1.165) is 6.42 Å². The van der Waals surface area contributed by atoms with E-state index in [1.807, 2.05) is 0 Å². The van der Waals surface area contributed by atoms with Gasteiger partial charge in [0.15, 0.2) is 0 Å². The Bertz CT molecular complexity index is 1360. The number of hydrogen-bond donors (Lipinski definition) is 3. The minimum Gasteiger partial charge on any atom is -0.497 e. The first-order valence-corrected chi connectivity index (χ1v) is 11.4. The molecule has 2 aliphatic rings. The van der Waals surface area contributed by atoms with Crippen molar-refractivity contribution in [1.82, 2.24) is 14.8 Å². The first-order chi connectivity index (χ1) is 16.8. The van der Waals surface area contributed by atoms with Crippen molar-refractivity contribution in [2.24, 2.45) is 11.7 Å². The normalized spacial score (nSPS) is 20.4. The number of nitrogens with two attached hydrogens (primary N) is 1. The van der Waals surface area contributed by atoms with Crippen LogP contribution in [0.15, 0.2) is 42.6 Å². The number of nitrogens with one attached hydrogen (secondary N) is 2. The minimum absolute atomic E-state index is 0.0207. The molecular formula is C24H23ClFN5O4. The van der Waals surface area contributed by atoms with Crippen LogP contribution in [0.2, 0.25) is 5.02 Å². The number of halogens is 2. The van der Waals surface area contributed by atoms with Crippen LogP contribution in [0, 0.1) is 11.7 Å². The minimum atomic E-state index is -0.710. The predicted molar refractivity (Wildman–Crippen MR) is 128 cm³/mol. The number of rotatable bonds is 5. The van der Waals surface area contributed by atoms with E-state index < -0.39 is 23.9 Å². The number of carbonyl (C=O) groups is 3. The van der Waals surface area contributed by atoms with Crippen LogP contribution in [-0.2, 0) is 11.3 Å². The Hall–Kier alpha value is -3.79. The molecule has 35 heavy (non-hydrogen) atoms. The van der Waals surface area contributed by atoms with Gasteiger partial charge in [0.1, 0.15) is 17.6 Å². The number of aromatic nitrogens is 1. The molecule has 0 spiro atoms. The van der Waals surface area contributed by atoms with Crippen molar-refractivity contribution < 1.29 is 23.5 Å². The summed E-state index contributed by atoms with van der Waals surface area (Å²) < 4.78 is 20.6. The molecule has 2 heterocycles. The van der Waals surface area contributed by atoms with E-state index in [1.165, 1.54) is 28.8 Å². The fourth-order valence-corrected chi connectivity index (χ4v) is 4.96. The Morgan fingerprint density at radius 3 is 2.77 bits per heavy atom. The van der Waals surface area contributed by atoms with Crippen molar-refractivity contribution in [3.63, 3.8) is 0 Å². The van der Waals surface area contributed by atoms with E-state index in [-0.39, 0.29) is 35.0 Å². The lowest BCUT2D eigenvalue weighted by Gasteiger charge is -2.27. The zero-order valence-corrected chi connectivity index (χ0v) is 19.5.